The van der Waals surface area contributed by atoms with Crippen molar-refractivity contribution in [2.45, 2.75) is 50.1 Å². The first kappa shape index (κ1) is 22.7. The molecule has 6 nitrogen and oxygen atoms in total. The maximum absolute atomic E-state index is 9.10. The van der Waals surface area contributed by atoms with E-state index < -0.39 is 11.9 Å². The molecule has 1 aliphatic heterocycles. The molecular weight excluding hydrogens is 376 g/mol. The molecule has 1 saturated carbocycles. The highest BCUT2D eigenvalue weighted by molar-refractivity contribution is 7.98. The molecule has 0 radical (unpaired) electrons. The van der Waals surface area contributed by atoms with Gasteiger partial charge in [0.15, 0.2) is 0 Å². The summed E-state index contributed by atoms with van der Waals surface area (Å²) in [5, 5.41) is 14.8. The lowest BCUT2D eigenvalue weighted by atomic mass is 9.86. The highest BCUT2D eigenvalue weighted by Crippen LogP contribution is 2.28. The van der Waals surface area contributed by atoms with E-state index in [4.69, 9.17) is 19.8 Å². The number of benzene rings is 1. The minimum Gasteiger partial charge on any atom is -0.473 e. The molecule has 1 aromatic carbocycles. The van der Waals surface area contributed by atoms with E-state index in [2.05, 4.69) is 47.2 Å². The maximum atomic E-state index is 9.10. The standard InChI is InChI=1S/C19H30N2S.C2H2O4/c1-16-4-3-5-18(14-16)21-12-10-20(11-13-21)15-17-6-8-19(22-2)9-7-17;3-1(4)2(5)6/h6-9,16,18H,3-5,10-15H2,1-2H3;(H,3,4)(H,5,6). The van der Waals surface area contributed by atoms with Gasteiger partial charge in [-0.3, -0.25) is 9.80 Å². The Bertz CT molecular complexity index is 618. The van der Waals surface area contributed by atoms with Gasteiger partial charge in [0.1, 0.15) is 0 Å². The normalized spacial score (nSPS) is 23.5. The fourth-order valence-electron chi connectivity index (χ4n) is 4.01. The van der Waals surface area contributed by atoms with Crippen molar-refractivity contribution in [3.05, 3.63) is 29.8 Å². The van der Waals surface area contributed by atoms with Crippen molar-refractivity contribution in [2.75, 3.05) is 32.4 Å². The molecule has 2 atom stereocenters. The zero-order valence-electron chi connectivity index (χ0n) is 16.8. The molecule has 7 heteroatoms. The summed E-state index contributed by atoms with van der Waals surface area (Å²) in [6.07, 6.45) is 7.88. The number of carbonyl (C=O) groups is 2. The molecule has 2 aliphatic rings. The molecule has 1 aliphatic carbocycles. The molecule has 2 unspecified atom stereocenters. The molecule has 1 heterocycles. The lowest BCUT2D eigenvalue weighted by molar-refractivity contribution is -0.159. The fraction of sp³-hybridized carbons (Fsp3) is 0.619. The summed E-state index contributed by atoms with van der Waals surface area (Å²) in [5.74, 6) is -2.71. The quantitative estimate of drug-likeness (QED) is 0.584. The molecule has 0 bridgehead atoms. The smallest absolute Gasteiger partial charge is 0.414 e. The lowest BCUT2D eigenvalue weighted by Gasteiger charge is -2.42. The van der Waals surface area contributed by atoms with E-state index in [1.54, 1.807) is 0 Å². The minimum atomic E-state index is -1.82. The summed E-state index contributed by atoms with van der Waals surface area (Å²) in [5.41, 5.74) is 1.46. The number of piperazine rings is 1. The van der Waals surface area contributed by atoms with Gasteiger partial charge in [-0.25, -0.2) is 9.59 Å². The number of aliphatic carboxylic acids is 2. The summed E-state index contributed by atoms with van der Waals surface area (Å²) >= 11 is 1.82. The molecule has 3 rings (SSSR count). The highest BCUT2D eigenvalue weighted by Gasteiger charge is 2.27. The molecular formula is C21H32N2O4S. The van der Waals surface area contributed by atoms with Crippen molar-refractivity contribution in [3.63, 3.8) is 0 Å². The molecule has 156 valence electrons. The van der Waals surface area contributed by atoms with Crippen LogP contribution < -0.4 is 0 Å². The van der Waals surface area contributed by atoms with Crippen LogP contribution in [0.4, 0.5) is 0 Å². The second kappa shape index (κ2) is 11.4. The SMILES string of the molecule is CSc1ccc(CN2CCN(C3CCCC(C)C3)CC2)cc1.O=C(O)C(=O)O. The van der Waals surface area contributed by atoms with Gasteiger partial charge >= 0.3 is 11.9 Å². The fourth-order valence-corrected chi connectivity index (χ4v) is 4.42. The summed E-state index contributed by atoms with van der Waals surface area (Å²) in [6, 6.07) is 9.95. The summed E-state index contributed by atoms with van der Waals surface area (Å²) in [7, 11) is 0. The largest absolute Gasteiger partial charge is 0.473 e. The van der Waals surface area contributed by atoms with Gasteiger partial charge in [-0.1, -0.05) is 31.9 Å². The van der Waals surface area contributed by atoms with Crippen LogP contribution in [0.15, 0.2) is 29.2 Å². The summed E-state index contributed by atoms with van der Waals surface area (Å²) in [6.45, 7) is 8.54. The van der Waals surface area contributed by atoms with Crippen molar-refractivity contribution >= 4 is 23.7 Å². The highest BCUT2D eigenvalue weighted by atomic mass is 32.2. The van der Waals surface area contributed by atoms with E-state index in [1.165, 1.54) is 62.3 Å². The van der Waals surface area contributed by atoms with Gasteiger partial charge in [-0.05, 0) is 42.7 Å². The average molecular weight is 409 g/mol. The Morgan fingerprint density at radius 3 is 2.14 bits per heavy atom. The van der Waals surface area contributed by atoms with Crippen LogP contribution in [0.3, 0.4) is 0 Å². The number of thioether (sulfide) groups is 1. The average Bonchev–Trinajstić information content (AvgIpc) is 2.69. The Labute approximate surface area is 171 Å². The van der Waals surface area contributed by atoms with E-state index in [9.17, 15) is 0 Å². The van der Waals surface area contributed by atoms with E-state index >= 15 is 0 Å². The second-order valence-electron chi connectivity index (χ2n) is 7.70. The van der Waals surface area contributed by atoms with Gasteiger partial charge < -0.3 is 10.2 Å². The monoisotopic (exact) mass is 408 g/mol. The number of nitrogens with zero attached hydrogens (tertiary/aromatic N) is 2. The predicted molar refractivity (Wildman–Crippen MR) is 112 cm³/mol. The van der Waals surface area contributed by atoms with Gasteiger partial charge in [0, 0.05) is 43.7 Å². The summed E-state index contributed by atoms with van der Waals surface area (Å²) in [4.78, 5) is 24.9. The Balaban J connectivity index is 0.000000409. The first-order valence-corrected chi connectivity index (χ1v) is 11.2. The first-order chi connectivity index (χ1) is 13.4. The molecule has 1 saturated heterocycles. The third-order valence-corrected chi connectivity index (χ3v) is 6.32. The van der Waals surface area contributed by atoms with Crippen LogP contribution in [0.25, 0.3) is 0 Å². The van der Waals surface area contributed by atoms with Crippen LogP contribution in [0, 0.1) is 5.92 Å². The van der Waals surface area contributed by atoms with Crippen molar-refractivity contribution in [3.8, 4) is 0 Å². The molecule has 1 aromatic rings. The summed E-state index contributed by atoms with van der Waals surface area (Å²) < 4.78 is 0. The first-order valence-electron chi connectivity index (χ1n) is 9.94. The number of carboxylic acid groups (broad SMARTS) is 2. The Morgan fingerprint density at radius 2 is 1.64 bits per heavy atom. The number of rotatable bonds is 4. The van der Waals surface area contributed by atoms with E-state index in [0.29, 0.717) is 0 Å². The minimum absolute atomic E-state index is 0.867. The van der Waals surface area contributed by atoms with E-state index in [1.807, 2.05) is 11.8 Å². The number of carboxylic acids is 2. The molecule has 0 spiro atoms. The zero-order chi connectivity index (χ0) is 20.5. The second-order valence-corrected chi connectivity index (χ2v) is 8.58. The predicted octanol–water partition coefficient (Wildman–Crippen LogP) is 3.26. The van der Waals surface area contributed by atoms with E-state index in [-0.39, 0.29) is 0 Å². The number of hydrogen-bond donors (Lipinski definition) is 2. The zero-order valence-corrected chi connectivity index (χ0v) is 17.7. The number of hydrogen-bond acceptors (Lipinski definition) is 5. The van der Waals surface area contributed by atoms with Crippen LogP contribution in [-0.2, 0) is 16.1 Å². The Hall–Kier alpha value is -1.57. The van der Waals surface area contributed by atoms with Gasteiger partial charge in [0.2, 0.25) is 0 Å². The van der Waals surface area contributed by atoms with Crippen LogP contribution >= 0.6 is 11.8 Å². The van der Waals surface area contributed by atoms with Crippen molar-refractivity contribution in [1.82, 2.24) is 9.80 Å². The van der Waals surface area contributed by atoms with Crippen LogP contribution in [0.2, 0.25) is 0 Å². The van der Waals surface area contributed by atoms with Crippen LogP contribution in [0.5, 0.6) is 0 Å². The van der Waals surface area contributed by atoms with Gasteiger partial charge in [0.05, 0.1) is 0 Å². The van der Waals surface area contributed by atoms with Crippen molar-refractivity contribution < 1.29 is 19.8 Å². The molecule has 0 amide bonds. The van der Waals surface area contributed by atoms with Gasteiger partial charge in [-0.2, -0.15) is 0 Å². The van der Waals surface area contributed by atoms with Gasteiger partial charge in [-0.15, -0.1) is 11.8 Å². The third kappa shape index (κ3) is 7.45. The van der Waals surface area contributed by atoms with Gasteiger partial charge in [0.25, 0.3) is 0 Å². The molecule has 2 fully saturated rings. The van der Waals surface area contributed by atoms with E-state index in [0.717, 1.165) is 18.5 Å². The topological polar surface area (TPSA) is 81.1 Å². The van der Waals surface area contributed by atoms with Crippen LogP contribution in [0.1, 0.15) is 38.2 Å². The maximum Gasteiger partial charge on any atom is 0.414 e. The van der Waals surface area contributed by atoms with Crippen molar-refractivity contribution in [1.29, 1.82) is 0 Å². The van der Waals surface area contributed by atoms with Crippen molar-refractivity contribution in [2.24, 2.45) is 5.92 Å². The molecule has 2 N–H and O–H groups in total. The Kier molecular flexibility index (Phi) is 9.28. The third-order valence-electron chi connectivity index (χ3n) is 5.58. The lowest BCUT2D eigenvalue weighted by Crippen LogP contribution is -2.50. The van der Waals surface area contributed by atoms with Crippen LogP contribution in [-0.4, -0.2) is 70.4 Å². The molecule has 28 heavy (non-hydrogen) atoms. The Morgan fingerprint density at radius 1 is 1.04 bits per heavy atom. The molecule has 0 aromatic heterocycles.